The van der Waals surface area contributed by atoms with Crippen LogP contribution in [0.4, 0.5) is 0 Å². The number of fused-ring (bicyclic) bond motifs is 1. The Bertz CT molecular complexity index is 1260. The van der Waals surface area contributed by atoms with Gasteiger partial charge in [0, 0.05) is 11.6 Å². The predicted octanol–water partition coefficient (Wildman–Crippen LogP) is 5.36. The van der Waals surface area contributed by atoms with Crippen molar-refractivity contribution in [2.24, 2.45) is 23.2 Å². The first-order valence-corrected chi connectivity index (χ1v) is 13.0. The summed E-state index contributed by atoms with van der Waals surface area (Å²) in [5, 5.41) is 0.843. The standard InChI is InChI=1S/C27H29N3O2S/c1-16-7-8-23(28-15-16)30-25(32)21-5-3-4-6-22(21)29-26(30)33-17(2)24(31)27-12-18-9-19(13-27)11-20(10-18)14-27/h3-8,15,17-20H,9-14H2,1-2H3. The van der Waals surface area contributed by atoms with Crippen molar-refractivity contribution in [2.75, 3.05) is 0 Å². The fourth-order valence-electron chi connectivity index (χ4n) is 7.04. The minimum atomic E-state index is -0.258. The molecule has 1 aromatic carbocycles. The summed E-state index contributed by atoms with van der Waals surface area (Å²) in [6.45, 7) is 3.97. The number of hydrogen-bond acceptors (Lipinski definition) is 5. The van der Waals surface area contributed by atoms with E-state index >= 15 is 0 Å². The monoisotopic (exact) mass is 459 g/mol. The molecule has 0 spiro atoms. The van der Waals surface area contributed by atoms with E-state index in [0.717, 1.165) is 42.6 Å². The first-order chi connectivity index (χ1) is 15.9. The van der Waals surface area contributed by atoms with Crippen LogP contribution in [0.15, 0.2) is 52.5 Å². The van der Waals surface area contributed by atoms with E-state index in [4.69, 9.17) is 4.98 Å². The van der Waals surface area contributed by atoms with Gasteiger partial charge < -0.3 is 0 Å². The molecule has 0 amide bonds. The third kappa shape index (κ3) is 3.54. The molecule has 33 heavy (non-hydrogen) atoms. The Balaban J connectivity index is 1.39. The van der Waals surface area contributed by atoms with E-state index in [1.807, 2.05) is 44.2 Å². The highest BCUT2D eigenvalue weighted by Gasteiger charge is 2.55. The van der Waals surface area contributed by atoms with E-state index in [1.54, 1.807) is 16.8 Å². The van der Waals surface area contributed by atoms with Gasteiger partial charge in [-0.2, -0.15) is 0 Å². The van der Waals surface area contributed by atoms with Crippen LogP contribution in [-0.4, -0.2) is 25.6 Å². The second kappa shape index (κ2) is 7.79. The number of rotatable bonds is 5. The Hall–Kier alpha value is -2.47. The Kier molecular flexibility index (Phi) is 4.98. The lowest BCUT2D eigenvalue weighted by atomic mass is 9.48. The third-order valence-electron chi connectivity index (χ3n) is 8.08. The maximum absolute atomic E-state index is 13.9. The Morgan fingerprint density at radius 3 is 2.36 bits per heavy atom. The number of aromatic nitrogens is 3. The first-order valence-electron chi connectivity index (χ1n) is 12.1. The van der Waals surface area contributed by atoms with E-state index in [2.05, 4.69) is 4.98 Å². The molecule has 4 bridgehead atoms. The number of carbonyl (C=O) groups excluding carboxylic acids is 1. The molecule has 5 nitrogen and oxygen atoms in total. The number of hydrogen-bond donors (Lipinski definition) is 0. The zero-order valence-electron chi connectivity index (χ0n) is 19.2. The largest absolute Gasteiger partial charge is 0.298 e. The number of thioether (sulfide) groups is 1. The molecule has 170 valence electrons. The molecule has 4 aliphatic carbocycles. The molecule has 0 saturated heterocycles. The normalized spacial score (nSPS) is 28.8. The fourth-order valence-corrected chi connectivity index (χ4v) is 8.15. The van der Waals surface area contributed by atoms with Crippen LogP contribution >= 0.6 is 11.8 Å². The molecular formula is C27H29N3O2S. The molecule has 2 aromatic heterocycles. The summed E-state index contributed by atoms with van der Waals surface area (Å²) in [5.74, 6) is 3.08. The first kappa shape index (κ1) is 21.1. The van der Waals surface area contributed by atoms with Gasteiger partial charge >= 0.3 is 0 Å². The molecule has 6 heteroatoms. The van der Waals surface area contributed by atoms with Crippen molar-refractivity contribution in [3.8, 4) is 5.82 Å². The number of para-hydroxylation sites is 1. The summed E-state index contributed by atoms with van der Waals surface area (Å²) >= 11 is 1.42. The number of pyridine rings is 1. The van der Waals surface area contributed by atoms with Gasteiger partial charge in [0.05, 0.1) is 16.2 Å². The number of benzene rings is 1. The van der Waals surface area contributed by atoms with Gasteiger partial charge in [-0.3, -0.25) is 9.59 Å². The van der Waals surface area contributed by atoms with Crippen LogP contribution in [0, 0.1) is 30.1 Å². The van der Waals surface area contributed by atoms with Gasteiger partial charge in [-0.25, -0.2) is 14.5 Å². The van der Waals surface area contributed by atoms with Crippen LogP contribution < -0.4 is 5.56 Å². The summed E-state index contributed by atoms with van der Waals surface area (Å²) in [7, 11) is 0. The van der Waals surface area contributed by atoms with Crippen molar-refractivity contribution >= 4 is 28.4 Å². The molecule has 0 N–H and O–H groups in total. The van der Waals surface area contributed by atoms with Gasteiger partial charge in [-0.05, 0) is 93.9 Å². The molecule has 4 aliphatic rings. The van der Waals surface area contributed by atoms with Crippen molar-refractivity contribution in [1.82, 2.24) is 14.5 Å². The van der Waals surface area contributed by atoms with Crippen molar-refractivity contribution in [1.29, 1.82) is 0 Å². The average Bonchev–Trinajstić information content (AvgIpc) is 2.79. The summed E-state index contributed by atoms with van der Waals surface area (Å²) in [4.78, 5) is 36.7. The van der Waals surface area contributed by atoms with E-state index in [0.29, 0.717) is 27.7 Å². The molecule has 4 saturated carbocycles. The highest BCUT2D eigenvalue weighted by Crippen LogP contribution is 2.61. The van der Waals surface area contributed by atoms with Crippen molar-refractivity contribution in [3.63, 3.8) is 0 Å². The van der Waals surface area contributed by atoms with Gasteiger partial charge in [-0.15, -0.1) is 0 Å². The molecule has 4 fully saturated rings. The molecule has 3 aromatic rings. The molecule has 1 atom stereocenters. The van der Waals surface area contributed by atoms with Gasteiger partial charge in [0.2, 0.25) is 0 Å². The molecule has 0 radical (unpaired) electrons. The Morgan fingerprint density at radius 2 is 1.73 bits per heavy atom. The number of nitrogens with zero attached hydrogens (tertiary/aromatic N) is 3. The topological polar surface area (TPSA) is 64.8 Å². The molecule has 1 unspecified atom stereocenters. The van der Waals surface area contributed by atoms with Crippen molar-refractivity contribution < 1.29 is 4.79 Å². The zero-order chi connectivity index (χ0) is 22.7. The predicted molar refractivity (Wildman–Crippen MR) is 131 cm³/mol. The number of aryl methyl sites for hydroxylation is 1. The molecule has 2 heterocycles. The van der Waals surface area contributed by atoms with Gasteiger partial charge in [0.1, 0.15) is 5.82 Å². The maximum atomic E-state index is 13.9. The third-order valence-corrected chi connectivity index (χ3v) is 9.13. The lowest BCUT2D eigenvalue weighted by molar-refractivity contribution is -0.143. The minimum absolute atomic E-state index is 0.145. The summed E-state index contributed by atoms with van der Waals surface area (Å²) < 4.78 is 1.58. The van der Waals surface area contributed by atoms with Gasteiger partial charge in [0.15, 0.2) is 10.9 Å². The highest BCUT2D eigenvalue weighted by molar-refractivity contribution is 8.00. The molecular weight excluding hydrogens is 430 g/mol. The quantitative estimate of drug-likeness (QED) is 0.380. The van der Waals surface area contributed by atoms with Crippen LogP contribution in [0.2, 0.25) is 0 Å². The number of ketones is 1. The smallest absolute Gasteiger partial charge is 0.267 e. The zero-order valence-corrected chi connectivity index (χ0v) is 20.0. The van der Waals surface area contributed by atoms with E-state index in [9.17, 15) is 9.59 Å². The fraction of sp³-hybridized carbons (Fsp3) is 0.481. The number of carbonyl (C=O) groups is 1. The summed E-state index contributed by atoms with van der Waals surface area (Å²) in [6, 6.07) is 11.2. The Labute approximate surface area is 198 Å². The second-order valence-electron chi connectivity index (χ2n) is 10.6. The highest BCUT2D eigenvalue weighted by atomic mass is 32.2. The van der Waals surface area contributed by atoms with Crippen LogP contribution in [0.25, 0.3) is 16.7 Å². The lowest BCUT2D eigenvalue weighted by Crippen LogP contribution is -2.51. The van der Waals surface area contributed by atoms with Gasteiger partial charge in [0.25, 0.3) is 5.56 Å². The van der Waals surface area contributed by atoms with Gasteiger partial charge in [-0.1, -0.05) is 30.0 Å². The van der Waals surface area contributed by atoms with Crippen LogP contribution in [0.1, 0.15) is 51.0 Å². The molecule has 7 rings (SSSR count). The van der Waals surface area contributed by atoms with Crippen LogP contribution in [0.5, 0.6) is 0 Å². The molecule has 0 aliphatic heterocycles. The summed E-state index contributed by atoms with van der Waals surface area (Å²) in [6.07, 6.45) is 8.88. The van der Waals surface area contributed by atoms with E-state index in [-0.39, 0.29) is 16.2 Å². The Morgan fingerprint density at radius 1 is 1.06 bits per heavy atom. The number of Topliss-reactive ketones (excluding diaryl/α,β-unsaturated/α-hetero) is 1. The van der Waals surface area contributed by atoms with E-state index in [1.165, 1.54) is 31.0 Å². The van der Waals surface area contributed by atoms with Crippen molar-refractivity contribution in [2.45, 2.75) is 62.8 Å². The van der Waals surface area contributed by atoms with Crippen LogP contribution in [-0.2, 0) is 4.79 Å². The lowest BCUT2D eigenvalue weighted by Gasteiger charge is -2.56. The average molecular weight is 460 g/mol. The summed E-state index contributed by atoms with van der Waals surface area (Å²) in [5.41, 5.74) is 1.38. The maximum Gasteiger partial charge on any atom is 0.267 e. The SMILES string of the molecule is Cc1ccc(-n2c(SC(C)C(=O)C34CC5CC(CC(C5)C3)C4)nc3ccccc3c2=O)nc1. The minimum Gasteiger partial charge on any atom is -0.298 e. The van der Waals surface area contributed by atoms with E-state index < -0.39 is 0 Å². The van der Waals surface area contributed by atoms with Crippen LogP contribution in [0.3, 0.4) is 0 Å². The van der Waals surface area contributed by atoms with Crippen molar-refractivity contribution in [3.05, 3.63) is 58.5 Å². The second-order valence-corrected chi connectivity index (χ2v) is 11.9.